The highest BCUT2D eigenvalue weighted by atomic mass is 32.2. The Morgan fingerprint density at radius 3 is 2.56 bits per heavy atom. The Labute approximate surface area is 188 Å². The molecule has 0 saturated heterocycles. The summed E-state index contributed by atoms with van der Waals surface area (Å²) in [5.74, 6) is -0.0413. The largest absolute Gasteiger partial charge is 0.423 e. The van der Waals surface area contributed by atoms with Crippen LogP contribution in [0.5, 0.6) is 5.75 Å². The van der Waals surface area contributed by atoms with Crippen LogP contribution in [-0.4, -0.2) is 33.8 Å². The molecular formula is C24H20N4O3S. The van der Waals surface area contributed by atoms with E-state index in [4.69, 9.17) is 4.74 Å². The van der Waals surface area contributed by atoms with Crippen molar-refractivity contribution in [2.24, 2.45) is 5.10 Å². The quantitative estimate of drug-likeness (QED) is 0.145. The molecular weight excluding hydrogens is 424 g/mol. The number of nitrogens with zero attached hydrogens (tertiary/aromatic N) is 2. The van der Waals surface area contributed by atoms with Crippen molar-refractivity contribution < 1.29 is 14.3 Å². The molecule has 0 aliphatic rings. The Bertz CT molecular complexity index is 1230. The van der Waals surface area contributed by atoms with E-state index >= 15 is 0 Å². The van der Waals surface area contributed by atoms with Gasteiger partial charge in [0.2, 0.25) is 0 Å². The highest BCUT2D eigenvalue weighted by molar-refractivity contribution is 7.99. The molecule has 1 heterocycles. The second-order valence-corrected chi connectivity index (χ2v) is 7.93. The summed E-state index contributed by atoms with van der Waals surface area (Å²) in [6, 6.07) is 21.7. The minimum atomic E-state index is -0.416. The highest BCUT2D eigenvalue weighted by Crippen LogP contribution is 2.19. The van der Waals surface area contributed by atoms with Crippen molar-refractivity contribution in [1.29, 1.82) is 0 Å². The van der Waals surface area contributed by atoms with Crippen molar-refractivity contribution in [2.75, 3.05) is 5.75 Å². The second-order valence-electron chi connectivity index (χ2n) is 6.97. The summed E-state index contributed by atoms with van der Waals surface area (Å²) in [5.41, 5.74) is 6.60. The number of benzene rings is 3. The number of esters is 1. The number of hydrogen-bond donors (Lipinski definition) is 2. The van der Waals surface area contributed by atoms with Crippen LogP contribution in [0.25, 0.3) is 11.0 Å². The molecule has 4 aromatic rings. The van der Waals surface area contributed by atoms with E-state index in [1.165, 1.54) is 18.0 Å². The molecule has 0 radical (unpaired) electrons. The molecule has 160 valence electrons. The number of nitrogens with one attached hydrogen (secondary N) is 2. The third-order valence-corrected chi connectivity index (χ3v) is 5.36. The minimum Gasteiger partial charge on any atom is -0.423 e. The maximum Gasteiger partial charge on any atom is 0.343 e. The number of fused-ring (bicyclic) bond motifs is 1. The molecule has 3 aromatic carbocycles. The Morgan fingerprint density at radius 2 is 1.81 bits per heavy atom. The molecule has 0 atom stereocenters. The third-order valence-electron chi connectivity index (χ3n) is 4.49. The monoisotopic (exact) mass is 444 g/mol. The van der Waals surface area contributed by atoms with Gasteiger partial charge in [-0.05, 0) is 61.0 Å². The first-order valence-electron chi connectivity index (χ1n) is 9.85. The van der Waals surface area contributed by atoms with Gasteiger partial charge in [0.1, 0.15) is 5.75 Å². The number of thioether (sulfide) groups is 1. The number of aromatic nitrogens is 2. The van der Waals surface area contributed by atoms with Gasteiger partial charge in [-0.15, -0.1) is 0 Å². The average molecular weight is 445 g/mol. The predicted octanol–water partition coefficient (Wildman–Crippen LogP) is 4.33. The number of hydrazone groups is 1. The van der Waals surface area contributed by atoms with E-state index in [1.807, 2.05) is 43.3 Å². The number of amides is 1. The number of rotatable bonds is 7. The van der Waals surface area contributed by atoms with Crippen molar-refractivity contribution in [3.63, 3.8) is 0 Å². The first kappa shape index (κ1) is 21.3. The van der Waals surface area contributed by atoms with Crippen LogP contribution < -0.4 is 10.2 Å². The van der Waals surface area contributed by atoms with E-state index in [9.17, 15) is 9.59 Å². The van der Waals surface area contributed by atoms with E-state index in [1.54, 1.807) is 36.4 Å². The summed E-state index contributed by atoms with van der Waals surface area (Å²) in [4.78, 5) is 31.8. The fourth-order valence-corrected chi connectivity index (χ4v) is 3.50. The molecule has 0 fully saturated rings. The average Bonchev–Trinajstić information content (AvgIpc) is 3.22. The zero-order valence-electron chi connectivity index (χ0n) is 17.2. The molecule has 8 heteroatoms. The number of ether oxygens (including phenoxy) is 1. The molecule has 0 saturated carbocycles. The van der Waals surface area contributed by atoms with Crippen LogP contribution in [0.3, 0.4) is 0 Å². The Hall–Kier alpha value is -3.91. The lowest BCUT2D eigenvalue weighted by atomic mass is 10.1. The van der Waals surface area contributed by atoms with Crippen LogP contribution in [0.4, 0.5) is 0 Å². The van der Waals surface area contributed by atoms with Crippen LogP contribution in [0.2, 0.25) is 0 Å². The molecule has 1 aromatic heterocycles. The van der Waals surface area contributed by atoms with Gasteiger partial charge in [-0.1, -0.05) is 41.6 Å². The number of aromatic amines is 1. The molecule has 0 aliphatic carbocycles. The van der Waals surface area contributed by atoms with Crippen molar-refractivity contribution in [2.45, 2.75) is 12.1 Å². The smallest absolute Gasteiger partial charge is 0.343 e. The number of H-pyrrole nitrogens is 1. The van der Waals surface area contributed by atoms with Gasteiger partial charge in [-0.2, -0.15) is 5.10 Å². The maximum absolute atomic E-state index is 12.2. The fraction of sp³-hybridized carbons (Fsp3) is 0.0833. The summed E-state index contributed by atoms with van der Waals surface area (Å²) in [5, 5.41) is 4.65. The summed E-state index contributed by atoms with van der Waals surface area (Å²) < 4.78 is 5.37. The normalized spacial score (nSPS) is 11.0. The SMILES string of the molecule is Cc1ccc(C(=O)Oc2ccc(/C=N\NC(=O)CSc3nc4ccccc4[nH]3)cc2)cc1. The van der Waals surface area contributed by atoms with Gasteiger partial charge in [0.25, 0.3) is 5.91 Å². The van der Waals surface area contributed by atoms with Crippen LogP contribution in [0.1, 0.15) is 21.5 Å². The number of aryl methyl sites for hydroxylation is 1. The lowest BCUT2D eigenvalue weighted by Gasteiger charge is -2.05. The van der Waals surface area contributed by atoms with E-state index < -0.39 is 5.97 Å². The fourth-order valence-electron chi connectivity index (χ4n) is 2.82. The summed E-state index contributed by atoms with van der Waals surface area (Å²) in [6.45, 7) is 1.96. The van der Waals surface area contributed by atoms with Crippen molar-refractivity contribution in [3.8, 4) is 5.75 Å². The Balaban J connectivity index is 1.24. The zero-order chi connectivity index (χ0) is 22.3. The van der Waals surface area contributed by atoms with Crippen molar-refractivity contribution >= 4 is 40.9 Å². The molecule has 0 unspecified atom stereocenters. The number of carbonyl (C=O) groups is 2. The lowest BCUT2D eigenvalue weighted by Crippen LogP contribution is -2.19. The minimum absolute atomic E-state index is 0.186. The van der Waals surface area contributed by atoms with Crippen molar-refractivity contribution in [1.82, 2.24) is 15.4 Å². The number of imidazole rings is 1. The highest BCUT2D eigenvalue weighted by Gasteiger charge is 2.08. The van der Waals surface area contributed by atoms with Crippen LogP contribution in [-0.2, 0) is 4.79 Å². The van der Waals surface area contributed by atoms with Gasteiger partial charge in [0.05, 0.1) is 28.6 Å². The Morgan fingerprint density at radius 1 is 1.06 bits per heavy atom. The van der Waals surface area contributed by atoms with Gasteiger partial charge < -0.3 is 9.72 Å². The predicted molar refractivity (Wildman–Crippen MR) is 125 cm³/mol. The van der Waals surface area contributed by atoms with Crippen LogP contribution >= 0.6 is 11.8 Å². The second kappa shape index (κ2) is 9.93. The van der Waals surface area contributed by atoms with Gasteiger partial charge in [-0.25, -0.2) is 15.2 Å². The number of hydrogen-bond acceptors (Lipinski definition) is 6. The first-order chi connectivity index (χ1) is 15.6. The van der Waals surface area contributed by atoms with Gasteiger partial charge in [-0.3, -0.25) is 4.79 Å². The van der Waals surface area contributed by atoms with Gasteiger partial charge in [0, 0.05) is 0 Å². The van der Waals surface area contributed by atoms with Crippen LogP contribution in [0, 0.1) is 6.92 Å². The molecule has 0 spiro atoms. The van der Waals surface area contributed by atoms with E-state index in [-0.39, 0.29) is 11.7 Å². The van der Waals surface area contributed by atoms with Gasteiger partial charge >= 0.3 is 5.97 Å². The molecule has 0 bridgehead atoms. The third kappa shape index (κ3) is 5.61. The molecule has 1 amide bonds. The molecule has 4 rings (SSSR count). The summed E-state index contributed by atoms with van der Waals surface area (Å²) >= 11 is 1.31. The van der Waals surface area contributed by atoms with Crippen LogP contribution in [0.15, 0.2) is 83.1 Å². The maximum atomic E-state index is 12.2. The van der Waals surface area contributed by atoms with E-state index in [2.05, 4.69) is 20.5 Å². The van der Waals surface area contributed by atoms with Gasteiger partial charge in [0.15, 0.2) is 5.16 Å². The summed E-state index contributed by atoms with van der Waals surface area (Å²) in [7, 11) is 0. The molecule has 2 N–H and O–H groups in total. The topological polar surface area (TPSA) is 96.4 Å². The molecule has 32 heavy (non-hydrogen) atoms. The number of carbonyl (C=O) groups excluding carboxylic acids is 2. The van der Waals surface area contributed by atoms with E-state index in [0.29, 0.717) is 16.5 Å². The molecule has 7 nitrogen and oxygen atoms in total. The standard InChI is InChI=1S/C24H20N4O3S/c1-16-6-10-18(11-7-16)23(30)31-19-12-8-17(9-13-19)14-25-28-22(29)15-32-24-26-20-4-2-3-5-21(20)27-24/h2-14H,15H2,1H3,(H,26,27)(H,28,29)/b25-14-. The van der Waals surface area contributed by atoms with Crippen molar-refractivity contribution in [3.05, 3.63) is 89.5 Å². The van der Waals surface area contributed by atoms with E-state index in [0.717, 1.165) is 22.2 Å². The first-order valence-corrected chi connectivity index (χ1v) is 10.8. The zero-order valence-corrected chi connectivity index (χ0v) is 18.1. The summed E-state index contributed by atoms with van der Waals surface area (Å²) in [6.07, 6.45) is 1.52. The number of para-hydroxylation sites is 2. The Kier molecular flexibility index (Phi) is 6.62. The molecule has 0 aliphatic heterocycles. The lowest BCUT2D eigenvalue weighted by molar-refractivity contribution is -0.118.